The smallest absolute Gasteiger partial charge is 0.0753 e. The molecule has 1 aromatic rings. The normalized spacial score (nSPS) is 22.7. The fourth-order valence-corrected chi connectivity index (χ4v) is 1.95. The van der Waals surface area contributed by atoms with Crippen LogP contribution in [0, 0.1) is 0 Å². The van der Waals surface area contributed by atoms with Gasteiger partial charge in [0.15, 0.2) is 0 Å². The Balaban J connectivity index is 1.74. The van der Waals surface area contributed by atoms with Crippen LogP contribution in [0.5, 0.6) is 0 Å². The molecule has 2 heterocycles. The van der Waals surface area contributed by atoms with Crippen molar-refractivity contribution < 1.29 is 0 Å². The van der Waals surface area contributed by atoms with Crippen LogP contribution in [-0.2, 0) is 0 Å². The van der Waals surface area contributed by atoms with Gasteiger partial charge in [0.25, 0.3) is 0 Å². The second-order valence-corrected chi connectivity index (χ2v) is 4.15. The Morgan fingerprint density at radius 1 is 1.29 bits per heavy atom. The molecule has 0 amide bonds. The summed E-state index contributed by atoms with van der Waals surface area (Å²) in [5, 5.41) is 7.77. The van der Waals surface area contributed by atoms with Gasteiger partial charge in [0.2, 0.25) is 0 Å². The van der Waals surface area contributed by atoms with Gasteiger partial charge in [-0.3, -0.25) is 4.68 Å². The highest BCUT2D eigenvalue weighted by molar-refractivity contribution is 5.43. The van der Waals surface area contributed by atoms with Crippen molar-refractivity contribution in [1.29, 1.82) is 0 Å². The van der Waals surface area contributed by atoms with E-state index >= 15 is 0 Å². The van der Waals surface area contributed by atoms with Crippen LogP contribution in [0.1, 0.15) is 18.9 Å². The number of hydrogen-bond donors (Lipinski definition) is 1. The minimum atomic E-state index is 0.701. The molecule has 1 N–H and O–H groups in total. The molecule has 0 bridgehead atoms. The maximum absolute atomic E-state index is 4.41. The third-order valence-electron chi connectivity index (χ3n) is 2.99. The van der Waals surface area contributed by atoms with E-state index in [9.17, 15) is 0 Å². The summed E-state index contributed by atoms with van der Waals surface area (Å²) in [6.45, 7) is 4.40. The Kier molecular flexibility index (Phi) is 1.94. The fraction of sp³-hybridized carbons (Fsp3) is 0.700. The number of hydrogen-bond acceptors (Lipinski definition) is 3. The molecule has 0 radical (unpaired) electrons. The highest BCUT2D eigenvalue weighted by atomic mass is 15.3. The molecule has 1 aromatic heterocycles. The zero-order chi connectivity index (χ0) is 9.38. The number of nitrogens with zero attached hydrogens (tertiary/aromatic N) is 3. The zero-order valence-corrected chi connectivity index (χ0v) is 8.32. The highest BCUT2D eigenvalue weighted by Gasteiger charge is 2.25. The van der Waals surface area contributed by atoms with Crippen molar-refractivity contribution in [3.05, 3.63) is 12.4 Å². The van der Waals surface area contributed by atoms with Crippen molar-refractivity contribution in [3.63, 3.8) is 0 Å². The van der Waals surface area contributed by atoms with Crippen LogP contribution in [0.25, 0.3) is 0 Å². The van der Waals surface area contributed by atoms with E-state index in [1.54, 1.807) is 0 Å². The average molecular weight is 192 g/mol. The van der Waals surface area contributed by atoms with E-state index in [4.69, 9.17) is 0 Å². The molecule has 1 saturated heterocycles. The van der Waals surface area contributed by atoms with Crippen LogP contribution < -0.4 is 10.2 Å². The first kappa shape index (κ1) is 8.29. The minimum Gasteiger partial charge on any atom is -0.366 e. The first-order chi connectivity index (χ1) is 6.93. The van der Waals surface area contributed by atoms with E-state index < -0.39 is 0 Å². The van der Waals surface area contributed by atoms with E-state index in [2.05, 4.69) is 26.2 Å². The first-order valence-corrected chi connectivity index (χ1v) is 5.43. The van der Waals surface area contributed by atoms with Crippen LogP contribution in [0.2, 0.25) is 0 Å². The van der Waals surface area contributed by atoms with E-state index in [-0.39, 0.29) is 0 Å². The molecular formula is C10H16N4. The number of aromatic nitrogens is 2. The van der Waals surface area contributed by atoms with Crippen molar-refractivity contribution in [3.8, 4) is 0 Å². The largest absolute Gasteiger partial charge is 0.366 e. The monoisotopic (exact) mass is 192 g/mol. The minimum absolute atomic E-state index is 0.701. The zero-order valence-electron chi connectivity index (χ0n) is 8.32. The fourth-order valence-electron chi connectivity index (χ4n) is 1.95. The maximum Gasteiger partial charge on any atom is 0.0753 e. The summed E-state index contributed by atoms with van der Waals surface area (Å²) in [6.07, 6.45) is 6.82. The van der Waals surface area contributed by atoms with E-state index in [0.717, 1.165) is 26.2 Å². The van der Waals surface area contributed by atoms with Crippen molar-refractivity contribution in [1.82, 2.24) is 15.1 Å². The predicted molar refractivity (Wildman–Crippen MR) is 55.6 cm³/mol. The molecule has 4 nitrogen and oxygen atoms in total. The van der Waals surface area contributed by atoms with Gasteiger partial charge >= 0.3 is 0 Å². The highest BCUT2D eigenvalue weighted by Crippen LogP contribution is 2.34. The Labute approximate surface area is 83.9 Å². The molecule has 14 heavy (non-hydrogen) atoms. The lowest BCUT2D eigenvalue weighted by Gasteiger charge is -2.27. The lowest BCUT2D eigenvalue weighted by atomic mass is 10.3. The van der Waals surface area contributed by atoms with Crippen LogP contribution in [0.15, 0.2) is 12.4 Å². The summed E-state index contributed by atoms with van der Waals surface area (Å²) >= 11 is 0. The summed E-state index contributed by atoms with van der Waals surface area (Å²) in [4.78, 5) is 2.41. The Bertz CT molecular complexity index is 310. The standard InChI is InChI=1S/C10H16N4/c1-2-9(1)14-8-10(7-12-14)13-5-3-11-4-6-13/h7-9,11H,1-6H2. The van der Waals surface area contributed by atoms with E-state index in [1.807, 2.05) is 6.20 Å². The summed E-state index contributed by atoms with van der Waals surface area (Å²) in [6, 6.07) is 0.701. The SMILES string of the molecule is c1nn(C2CC2)cc1N1CCNCC1. The topological polar surface area (TPSA) is 33.1 Å². The molecule has 0 unspecified atom stereocenters. The molecular weight excluding hydrogens is 176 g/mol. The molecule has 0 spiro atoms. The third-order valence-corrected chi connectivity index (χ3v) is 2.99. The van der Waals surface area contributed by atoms with Crippen molar-refractivity contribution in [2.45, 2.75) is 18.9 Å². The van der Waals surface area contributed by atoms with Crippen molar-refractivity contribution >= 4 is 5.69 Å². The van der Waals surface area contributed by atoms with Gasteiger partial charge < -0.3 is 10.2 Å². The molecule has 0 atom stereocenters. The lowest BCUT2D eigenvalue weighted by Crippen LogP contribution is -2.43. The molecule has 2 fully saturated rings. The van der Waals surface area contributed by atoms with Gasteiger partial charge in [0.1, 0.15) is 0 Å². The summed E-state index contributed by atoms with van der Waals surface area (Å²) < 4.78 is 2.12. The molecule has 3 rings (SSSR count). The average Bonchev–Trinajstić information content (AvgIpc) is 2.98. The summed E-state index contributed by atoms with van der Waals surface area (Å²) in [5.74, 6) is 0. The molecule has 4 heteroatoms. The van der Waals surface area contributed by atoms with Crippen molar-refractivity contribution in [2.24, 2.45) is 0 Å². The van der Waals surface area contributed by atoms with Gasteiger partial charge in [0.05, 0.1) is 17.9 Å². The molecule has 1 aliphatic heterocycles. The van der Waals surface area contributed by atoms with E-state index in [0.29, 0.717) is 6.04 Å². The number of nitrogens with one attached hydrogen (secondary N) is 1. The van der Waals surface area contributed by atoms with Crippen LogP contribution >= 0.6 is 0 Å². The Morgan fingerprint density at radius 2 is 2.07 bits per heavy atom. The maximum atomic E-state index is 4.41. The van der Waals surface area contributed by atoms with Crippen LogP contribution in [0.4, 0.5) is 5.69 Å². The van der Waals surface area contributed by atoms with Gasteiger partial charge in [-0.25, -0.2) is 0 Å². The number of piperazine rings is 1. The number of rotatable bonds is 2. The summed E-state index contributed by atoms with van der Waals surface area (Å²) in [7, 11) is 0. The molecule has 1 saturated carbocycles. The lowest BCUT2D eigenvalue weighted by molar-refractivity contribution is 0.588. The molecule has 0 aromatic carbocycles. The second-order valence-electron chi connectivity index (χ2n) is 4.15. The van der Waals surface area contributed by atoms with E-state index in [1.165, 1.54) is 18.5 Å². The van der Waals surface area contributed by atoms with Crippen molar-refractivity contribution in [2.75, 3.05) is 31.1 Å². The number of anilines is 1. The van der Waals surface area contributed by atoms with Gasteiger partial charge in [-0.1, -0.05) is 0 Å². The van der Waals surface area contributed by atoms with Crippen LogP contribution in [0.3, 0.4) is 0 Å². The predicted octanol–water partition coefficient (Wildman–Crippen LogP) is 0.628. The third kappa shape index (κ3) is 1.50. The first-order valence-electron chi connectivity index (χ1n) is 5.43. The summed E-state index contributed by atoms with van der Waals surface area (Å²) in [5.41, 5.74) is 1.29. The molecule has 76 valence electrons. The quantitative estimate of drug-likeness (QED) is 0.746. The second kappa shape index (κ2) is 3.28. The van der Waals surface area contributed by atoms with Gasteiger partial charge in [-0.05, 0) is 12.8 Å². The van der Waals surface area contributed by atoms with Gasteiger partial charge in [0, 0.05) is 32.4 Å². The Hall–Kier alpha value is -1.03. The van der Waals surface area contributed by atoms with Gasteiger partial charge in [-0.2, -0.15) is 5.10 Å². The molecule has 1 aliphatic carbocycles. The van der Waals surface area contributed by atoms with Gasteiger partial charge in [-0.15, -0.1) is 0 Å². The molecule has 2 aliphatic rings. The Morgan fingerprint density at radius 3 is 2.79 bits per heavy atom. The van der Waals surface area contributed by atoms with Crippen LogP contribution in [-0.4, -0.2) is 36.0 Å².